The van der Waals surface area contributed by atoms with Crippen LogP contribution in [0.2, 0.25) is 0 Å². The first kappa shape index (κ1) is 15.5. The van der Waals surface area contributed by atoms with E-state index in [0.29, 0.717) is 11.3 Å². The summed E-state index contributed by atoms with van der Waals surface area (Å²) in [5, 5.41) is 0. The molecular formula is C14H13F3N2OS. The molecule has 0 aliphatic rings. The minimum Gasteiger partial charge on any atom is -0.490 e. The quantitative estimate of drug-likeness (QED) is 0.841. The summed E-state index contributed by atoms with van der Waals surface area (Å²) in [6.45, 7) is 3.67. The highest BCUT2D eigenvalue weighted by molar-refractivity contribution is 7.71. The second kappa shape index (κ2) is 5.85. The number of hydrogen-bond acceptors (Lipinski definition) is 3. The minimum absolute atomic E-state index is 0.105. The number of ether oxygens (including phenoxy) is 1. The average molecular weight is 314 g/mol. The summed E-state index contributed by atoms with van der Waals surface area (Å²) >= 11 is 4.78. The summed E-state index contributed by atoms with van der Waals surface area (Å²) in [7, 11) is 0. The Hall–Kier alpha value is -1.89. The van der Waals surface area contributed by atoms with Gasteiger partial charge in [0, 0.05) is 5.56 Å². The Morgan fingerprint density at radius 1 is 1.24 bits per heavy atom. The van der Waals surface area contributed by atoms with E-state index < -0.39 is 11.9 Å². The van der Waals surface area contributed by atoms with Crippen molar-refractivity contribution in [2.75, 3.05) is 0 Å². The summed E-state index contributed by atoms with van der Waals surface area (Å²) in [6.07, 6.45) is -4.62. The van der Waals surface area contributed by atoms with Gasteiger partial charge in [-0.2, -0.15) is 13.2 Å². The van der Waals surface area contributed by atoms with Crippen LogP contribution in [0, 0.1) is 4.77 Å². The van der Waals surface area contributed by atoms with Crippen LogP contribution in [0.25, 0.3) is 11.3 Å². The van der Waals surface area contributed by atoms with E-state index >= 15 is 0 Å². The average Bonchev–Trinajstić information content (AvgIpc) is 2.37. The number of hydrogen-bond donors (Lipinski definition) is 1. The Morgan fingerprint density at radius 2 is 1.90 bits per heavy atom. The Balaban J connectivity index is 2.57. The second-order valence-corrected chi connectivity index (χ2v) is 5.03. The van der Waals surface area contributed by atoms with Crippen LogP contribution < -0.4 is 4.74 Å². The predicted molar refractivity (Wildman–Crippen MR) is 75.6 cm³/mol. The lowest BCUT2D eigenvalue weighted by molar-refractivity contribution is -0.141. The molecule has 0 aliphatic carbocycles. The van der Waals surface area contributed by atoms with Crippen molar-refractivity contribution < 1.29 is 17.9 Å². The number of para-hydroxylation sites is 1. The van der Waals surface area contributed by atoms with Crippen molar-refractivity contribution in [2.45, 2.75) is 26.1 Å². The van der Waals surface area contributed by atoms with E-state index in [1.54, 1.807) is 24.3 Å². The van der Waals surface area contributed by atoms with E-state index in [2.05, 4.69) is 9.97 Å². The number of aromatic amines is 1. The van der Waals surface area contributed by atoms with E-state index in [4.69, 9.17) is 17.0 Å². The van der Waals surface area contributed by atoms with Gasteiger partial charge in [0.25, 0.3) is 0 Å². The van der Waals surface area contributed by atoms with Crippen LogP contribution in [0.5, 0.6) is 5.75 Å². The van der Waals surface area contributed by atoms with Crippen LogP contribution in [0.3, 0.4) is 0 Å². The molecule has 2 rings (SSSR count). The molecular weight excluding hydrogens is 301 g/mol. The molecule has 0 bridgehead atoms. The second-order valence-electron chi connectivity index (χ2n) is 4.65. The molecule has 0 spiro atoms. The number of benzene rings is 1. The summed E-state index contributed by atoms with van der Waals surface area (Å²) in [6, 6.07) is 7.71. The van der Waals surface area contributed by atoms with Crippen molar-refractivity contribution in [3.63, 3.8) is 0 Å². The zero-order chi connectivity index (χ0) is 15.6. The number of aromatic nitrogens is 2. The van der Waals surface area contributed by atoms with Gasteiger partial charge in [0.2, 0.25) is 0 Å². The number of rotatable bonds is 3. The predicted octanol–water partition coefficient (Wildman–Crippen LogP) is 4.61. The van der Waals surface area contributed by atoms with Gasteiger partial charge < -0.3 is 9.72 Å². The number of halogens is 3. The normalized spacial score (nSPS) is 11.7. The van der Waals surface area contributed by atoms with Crippen molar-refractivity contribution in [3.05, 3.63) is 40.8 Å². The molecule has 0 aliphatic heterocycles. The summed E-state index contributed by atoms with van der Waals surface area (Å²) in [5.41, 5.74) is -0.337. The van der Waals surface area contributed by atoms with Crippen LogP contribution in [0.15, 0.2) is 30.3 Å². The lowest BCUT2D eigenvalue weighted by Gasteiger charge is -2.14. The van der Waals surface area contributed by atoms with E-state index in [-0.39, 0.29) is 16.6 Å². The van der Waals surface area contributed by atoms with Crippen LogP contribution in [-0.4, -0.2) is 16.1 Å². The Labute approximate surface area is 124 Å². The van der Waals surface area contributed by atoms with Crippen LogP contribution >= 0.6 is 12.2 Å². The summed E-state index contributed by atoms with van der Waals surface area (Å²) in [5.74, 6) is 0.466. The lowest BCUT2D eigenvalue weighted by atomic mass is 10.1. The molecule has 0 saturated carbocycles. The smallest absolute Gasteiger partial charge is 0.431 e. The number of nitrogens with zero attached hydrogens (tertiary/aromatic N) is 1. The zero-order valence-corrected chi connectivity index (χ0v) is 12.2. The van der Waals surface area contributed by atoms with E-state index in [1.165, 1.54) is 0 Å². The van der Waals surface area contributed by atoms with Gasteiger partial charge in [0.1, 0.15) is 11.4 Å². The highest BCUT2D eigenvalue weighted by atomic mass is 32.1. The van der Waals surface area contributed by atoms with Gasteiger partial charge in [-0.1, -0.05) is 12.1 Å². The highest BCUT2D eigenvalue weighted by Crippen LogP contribution is 2.33. The molecule has 1 heterocycles. The minimum atomic E-state index is -4.51. The number of H-pyrrole nitrogens is 1. The fourth-order valence-corrected chi connectivity index (χ4v) is 1.99. The van der Waals surface area contributed by atoms with Gasteiger partial charge in [-0.05, 0) is 44.3 Å². The van der Waals surface area contributed by atoms with Gasteiger partial charge in [-0.3, -0.25) is 0 Å². The zero-order valence-electron chi connectivity index (χ0n) is 11.4. The first-order valence-corrected chi connectivity index (χ1v) is 6.63. The van der Waals surface area contributed by atoms with Crippen molar-refractivity contribution >= 4 is 12.2 Å². The van der Waals surface area contributed by atoms with Gasteiger partial charge in [0.05, 0.1) is 11.8 Å². The molecule has 1 aromatic carbocycles. The third-order valence-electron chi connectivity index (χ3n) is 2.58. The first-order chi connectivity index (χ1) is 9.77. The maximum absolute atomic E-state index is 12.8. The van der Waals surface area contributed by atoms with Crippen molar-refractivity contribution in [2.24, 2.45) is 0 Å². The Kier molecular flexibility index (Phi) is 4.32. The number of nitrogens with one attached hydrogen (secondary N) is 1. The lowest BCUT2D eigenvalue weighted by Crippen LogP contribution is -2.10. The largest absolute Gasteiger partial charge is 0.490 e. The molecule has 21 heavy (non-hydrogen) atoms. The molecule has 0 atom stereocenters. The number of alkyl halides is 3. The van der Waals surface area contributed by atoms with Crippen molar-refractivity contribution in [1.82, 2.24) is 9.97 Å². The fourth-order valence-electron chi connectivity index (χ4n) is 1.78. The third-order valence-corrected chi connectivity index (χ3v) is 2.77. The summed E-state index contributed by atoms with van der Waals surface area (Å²) in [4.78, 5) is 6.02. The maximum Gasteiger partial charge on any atom is 0.431 e. The van der Waals surface area contributed by atoms with E-state index in [1.807, 2.05) is 13.8 Å². The molecule has 0 amide bonds. The van der Waals surface area contributed by atoms with Gasteiger partial charge >= 0.3 is 6.18 Å². The Bertz CT molecular complexity index is 695. The van der Waals surface area contributed by atoms with Gasteiger partial charge in [-0.15, -0.1) is 0 Å². The molecule has 0 saturated heterocycles. The third kappa shape index (κ3) is 3.81. The summed E-state index contributed by atoms with van der Waals surface area (Å²) < 4.78 is 43.9. The van der Waals surface area contributed by atoms with Gasteiger partial charge in [-0.25, -0.2) is 4.98 Å². The molecule has 0 unspecified atom stereocenters. The molecule has 1 aromatic heterocycles. The fraction of sp³-hybridized carbons (Fsp3) is 0.286. The molecule has 2 aromatic rings. The van der Waals surface area contributed by atoms with Crippen LogP contribution in [0.1, 0.15) is 19.5 Å². The van der Waals surface area contributed by atoms with Crippen LogP contribution in [0.4, 0.5) is 13.2 Å². The maximum atomic E-state index is 12.8. The van der Waals surface area contributed by atoms with Crippen molar-refractivity contribution in [3.8, 4) is 17.0 Å². The van der Waals surface area contributed by atoms with Gasteiger partial charge in [0.15, 0.2) is 4.77 Å². The van der Waals surface area contributed by atoms with Crippen LogP contribution in [-0.2, 0) is 6.18 Å². The molecule has 1 N–H and O–H groups in total. The van der Waals surface area contributed by atoms with E-state index in [9.17, 15) is 13.2 Å². The molecule has 112 valence electrons. The topological polar surface area (TPSA) is 37.9 Å². The SMILES string of the molecule is CC(C)Oc1ccccc1-c1cc(C(F)(F)F)[nH]c(=S)n1. The highest BCUT2D eigenvalue weighted by Gasteiger charge is 2.32. The molecule has 3 nitrogen and oxygen atoms in total. The molecule has 7 heteroatoms. The Morgan fingerprint density at radius 3 is 2.52 bits per heavy atom. The first-order valence-electron chi connectivity index (χ1n) is 6.22. The standard InChI is InChI=1S/C14H13F3N2OS/c1-8(2)20-11-6-4-3-5-9(11)10-7-12(14(15,16)17)19-13(21)18-10/h3-8H,1-2H3,(H,18,19,21). The molecule has 0 radical (unpaired) electrons. The van der Waals surface area contributed by atoms with Crippen molar-refractivity contribution in [1.29, 1.82) is 0 Å². The molecule has 0 fully saturated rings. The van der Waals surface area contributed by atoms with E-state index in [0.717, 1.165) is 6.07 Å². The monoisotopic (exact) mass is 314 g/mol.